The molecule has 1 saturated carbocycles. The maximum absolute atomic E-state index is 12.4. The fourth-order valence-electron chi connectivity index (χ4n) is 2.23. The number of benzene rings is 1. The lowest BCUT2D eigenvalue weighted by Crippen LogP contribution is -2.36. The summed E-state index contributed by atoms with van der Waals surface area (Å²) in [4.78, 5) is 11.6. The van der Waals surface area contributed by atoms with Gasteiger partial charge in [0.15, 0.2) is 6.61 Å². The van der Waals surface area contributed by atoms with Gasteiger partial charge in [-0.1, -0.05) is 12.8 Å². The third kappa shape index (κ3) is 4.15. The number of hydrogen-bond acceptors (Lipinski definition) is 2. The molecule has 0 bridgehead atoms. The van der Waals surface area contributed by atoms with E-state index in [1.165, 1.54) is 12.1 Å². The molecular formula is C14H16F3NO2. The molecule has 1 amide bonds. The highest BCUT2D eigenvalue weighted by atomic mass is 19.4. The molecule has 0 unspecified atom stereocenters. The van der Waals surface area contributed by atoms with Gasteiger partial charge in [-0.2, -0.15) is 13.2 Å². The summed E-state index contributed by atoms with van der Waals surface area (Å²) in [5.74, 6) is 0.0105. The van der Waals surface area contributed by atoms with Crippen LogP contribution in [0, 0.1) is 0 Å². The molecule has 1 aromatic carbocycles. The molecule has 0 saturated heterocycles. The Morgan fingerprint density at radius 3 is 2.35 bits per heavy atom. The standard InChI is InChI=1S/C14H16F3NO2/c15-14(16,17)10-5-7-12(8-6-10)20-9-13(19)18-11-3-1-2-4-11/h5-8,11H,1-4,9H2,(H,18,19). The third-order valence-corrected chi connectivity index (χ3v) is 3.27. The van der Waals surface area contributed by atoms with Gasteiger partial charge in [0.25, 0.3) is 5.91 Å². The number of carbonyl (C=O) groups excluding carboxylic acids is 1. The summed E-state index contributed by atoms with van der Waals surface area (Å²) in [6.07, 6.45) is -0.175. The highest BCUT2D eigenvalue weighted by molar-refractivity contribution is 5.77. The lowest BCUT2D eigenvalue weighted by molar-refractivity contribution is -0.137. The quantitative estimate of drug-likeness (QED) is 0.924. The van der Waals surface area contributed by atoms with Crippen LogP contribution in [0.4, 0.5) is 13.2 Å². The molecule has 3 nitrogen and oxygen atoms in total. The van der Waals surface area contributed by atoms with Crippen molar-refractivity contribution in [2.75, 3.05) is 6.61 Å². The van der Waals surface area contributed by atoms with Crippen molar-refractivity contribution in [1.29, 1.82) is 0 Å². The molecule has 0 aromatic heterocycles. The van der Waals surface area contributed by atoms with Gasteiger partial charge < -0.3 is 10.1 Å². The zero-order valence-electron chi connectivity index (χ0n) is 10.9. The Kier molecular flexibility index (Phi) is 4.52. The van der Waals surface area contributed by atoms with Crippen molar-refractivity contribution >= 4 is 5.91 Å². The summed E-state index contributed by atoms with van der Waals surface area (Å²) in [6, 6.07) is 4.50. The first-order valence-electron chi connectivity index (χ1n) is 6.54. The monoisotopic (exact) mass is 287 g/mol. The first kappa shape index (κ1) is 14.7. The van der Waals surface area contributed by atoms with E-state index in [1.807, 2.05) is 0 Å². The minimum absolute atomic E-state index is 0.179. The average molecular weight is 287 g/mol. The Morgan fingerprint density at radius 2 is 1.80 bits per heavy atom. The zero-order valence-corrected chi connectivity index (χ0v) is 10.9. The van der Waals surface area contributed by atoms with Gasteiger partial charge >= 0.3 is 6.18 Å². The molecule has 0 heterocycles. The first-order chi connectivity index (χ1) is 9.45. The van der Waals surface area contributed by atoms with E-state index in [-0.39, 0.29) is 24.3 Å². The Bertz CT molecular complexity index is 450. The van der Waals surface area contributed by atoms with Crippen molar-refractivity contribution in [3.63, 3.8) is 0 Å². The number of hydrogen-bond donors (Lipinski definition) is 1. The van der Waals surface area contributed by atoms with E-state index < -0.39 is 11.7 Å². The van der Waals surface area contributed by atoms with Gasteiger partial charge in [-0.25, -0.2) is 0 Å². The van der Waals surface area contributed by atoms with Crippen LogP contribution in [0.5, 0.6) is 5.75 Å². The van der Waals surface area contributed by atoms with Gasteiger partial charge in [-0.3, -0.25) is 4.79 Å². The molecule has 1 aliphatic rings. The molecule has 0 aliphatic heterocycles. The summed E-state index contributed by atoms with van der Waals surface area (Å²) in [5, 5.41) is 2.84. The topological polar surface area (TPSA) is 38.3 Å². The summed E-state index contributed by atoms with van der Waals surface area (Å²) in [7, 11) is 0. The summed E-state index contributed by atoms with van der Waals surface area (Å²) >= 11 is 0. The smallest absolute Gasteiger partial charge is 0.416 e. The van der Waals surface area contributed by atoms with Crippen LogP contribution in [-0.2, 0) is 11.0 Å². The van der Waals surface area contributed by atoms with E-state index in [0.717, 1.165) is 37.8 Å². The van der Waals surface area contributed by atoms with Crippen molar-refractivity contribution < 1.29 is 22.7 Å². The SMILES string of the molecule is O=C(COc1ccc(C(F)(F)F)cc1)NC1CCCC1. The lowest BCUT2D eigenvalue weighted by Gasteiger charge is -2.13. The van der Waals surface area contributed by atoms with Crippen LogP contribution in [0.25, 0.3) is 0 Å². The number of carbonyl (C=O) groups is 1. The first-order valence-corrected chi connectivity index (χ1v) is 6.54. The fraction of sp³-hybridized carbons (Fsp3) is 0.500. The van der Waals surface area contributed by atoms with E-state index in [2.05, 4.69) is 5.32 Å². The Hall–Kier alpha value is -1.72. The Morgan fingerprint density at radius 1 is 1.20 bits per heavy atom. The second-order valence-electron chi connectivity index (χ2n) is 4.86. The highest BCUT2D eigenvalue weighted by Crippen LogP contribution is 2.30. The zero-order chi connectivity index (χ0) is 14.6. The van der Waals surface area contributed by atoms with Crippen molar-refractivity contribution in [2.45, 2.75) is 37.9 Å². The van der Waals surface area contributed by atoms with Crippen LogP contribution in [0.1, 0.15) is 31.2 Å². The van der Waals surface area contributed by atoms with E-state index in [0.29, 0.717) is 0 Å². The molecule has 0 radical (unpaired) electrons. The number of amides is 1. The van der Waals surface area contributed by atoms with E-state index in [1.54, 1.807) is 0 Å². The molecule has 20 heavy (non-hydrogen) atoms. The van der Waals surface area contributed by atoms with Crippen LogP contribution < -0.4 is 10.1 Å². The molecule has 1 aliphatic carbocycles. The second-order valence-corrected chi connectivity index (χ2v) is 4.86. The van der Waals surface area contributed by atoms with Crippen molar-refractivity contribution in [3.05, 3.63) is 29.8 Å². The van der Waals surface area contributed by atoms with E-state index in [9.17, 15) is 18.0 Å². The summed E-state index contributed by atoms with van der Waals surface area (Å²) < 4.78 is 42.2. The minimum Gasteiger partial charge on any atom is -0.484 e. The molecule has 2 rings (SSSR count). The highest BCUT2D eigenvalue weighted by Gasteiger charge is 2.30. The third-order valence-electron chi connectivity index (χ3n) is 3.27. The molecule has 1 N–H and O–H groups in total. The maximum atomic E-state index is 12.4. The molecule has 0 spiro atoms. The fourth-order valence-corrected chi connectivity index (χ4v) is 2.23. The van der Waals surface area contributed by atoms with Gasteiger partial charge in [-0.05, 0) is 37.1 Å². The Balaban J connectivity index is 1.80. The van der Waals surface area contributed by atoms with Crippen molar-refractivity contribution in [1.82, 2.24) is 5.32 Å². The maximum Gasteiger partial charge on any atom is 0.416 e. The Labute approximate surface area is 115 Å². The van der Waals surface area contributed by atoms with Crippen LogP contribution in [0.3, 0.4) is 0 Å². The molecular weight excluding hydrogens is 271 g/mol. The molecule has 110 valence electrons. The van der Waals surface area contributed by atoms with Gasteiger partial charge in [0.2, 0.25) is 0 Å². The largest absolute Gasteiger partial charge is 0.484 e. The predicted octanol–water partition coefficient (Wildman–Crippen LogP) is 3.14. The molecule has 6 heteroatoms. The lowest BCUT2D eigenvalue weighted by atomic mass is 10.2. The van der Waals surface area contributed by atoms with Crippen LogP contribution in [-0.4, -0.2) is 18.6 Å². The second kappa shape index (κ2) is 6.15. The summed E-state index contributed by atoms with van der Waals surface area (Å²) in [5.41, 5.74) is -0.736. The van der Waals surface area contributed by atoms with Gasteiger partial charge in [0.05, 0.1) is 5.56 Å². The van der Waals surface area contributed by atoms with E-state index in [4.69, 9.17) is 4.74 Å². The van der Waals surface area contributed by atoms with Crippen molar-refractivity contribution in [2.24, 2.45) is 0 Å². The van der Waals surface area contributed by atoms with Crippen LogP contribution in [0.2, 0.25) is 0 Å². The number of halogens is 3. The minimum atomic E-state index is -4.36. The van der Waals surface area contributed by atoms with Crippen LogP contribution in [0.15, 0.2) is 24.3 Å². The number of rotatable bonds is 4. The number of nitrogens with one attached hydrogen (secondary N) is 1. The van der Waals surface area contributed by atoms with Crippen molar-refractivity contribution in [3.8, 4) is 5.75 Å². The van der Waals surface area contributed by atoms with E-state index >= 15 is 0 Å². The molecule has 1 aromatic rings. The molecule has 0 atom stereocenters. The number of ether oxygens (including phenoxy) is 1. The van der Waals surface area contributed by atoms with Gasteiger partial charge in [-0.15, -0.1) is 0 Å². The molecule has 1 fully saturated rings. The van der Waals surface area contributed by atoms with Gasteiger partial charge in [0.1, 0.15) is 5.75 Å². The number of alkyl halides is 3. The average Bonchev–Trinajstić information content (AvgIpc) is 2.88. The predicted molar refractivity (Wildman–Crippen MR) is 67.3 cm³/mol. The van der Waals surface area contributed by atoms with Crippen LogP contribution >= 0.6 is 0 Å². The normalized spacial score (nSPS) is 16.1. The summed E-state index contributed by atoms with van der Waals surface area (Å²) in [6.45, 7) is -0.179. The van der Waals surface area contributed by atoms with Gasteiger partial charge in [0, 0.05) is 6.04 Å².